The van der Waals surface area contributed by atoms with Crippen molar-refractivity contribution in [1.29, 1.82) is 0 Å². The van der Waals surface area contributed by atoms with Crippen LogP contribution in [0.1, 0.15) is 25.0 Å². The van der Waals surface area contributed by atoms with Crippen LogP contribution in [0.5, 0.6) is 0 Å². The summed E-state index contributed by atoms with van der Waals surface area (Å²) in [6, 6.07) is 11.9. The Morgan fingerprint density at radius 1 is 1.23 bits per heavy atom. The fourth-order valence-corrected chi connectivity index (χ4v) is 2.48. The minimum absolute atomic E-state index is 0.0994. The van der Waals surface area contributed by atoms with Gasteiger partial charge in [-0.2, -0.15) is 0 Å². The van der Waals surface area contributed by atoms with Crippen molar-refractivity contribution in [2.24, 2.45) is 0 Å². The van der Waals surface area contributed by atoms with Gasteiger partial charge in [-0.3, -0.25) is 4.79 Å². The Balaban J connectivity index is 2.04. The first-order valence-corrected chi connectivity index (χ1v) is 7.35. The number of nitrogens with zero attached hydrogens (tertiary/aromatic N) is 1. The second-order valence-electron chi connectivity index (χ2n) is 5.39. The van der Waals surface area contributed by atoms with Crippen molar-refractivity contribution >= 4 is 22.7 Å². The fraction of sp³-hybridized carbons (Fsp3) is 0.222. The number of fused-ring (bicyclic) bond motifs is 1. The molecule has 1 heterocycles. The van der Waals surface area contributed by atoms with Gasteiger partial charge >= 0.3 is 0 Å². The molecule has 0 bridgehead atoms. The maximum absolute atomic E-state index is 11.2. The van der Waals surface area contributed by atoms with E-state index in [2.05, 4.69) is 29.4 Å². The van der Waals surface area contributed by atoms with Crippen molar-refractivity contribution in [1.82, 2.24) is 4.98 Å². The summed E-state index contributed by atoms with van der Waals surface area (Å²) in [6.07, 6.45) is 1.01. The van der Waals surface area contributed by atoms with E-state index in [0.717, 1.165) is 34.3 Å². The molecule has 0 aliphatic carbocycles. The number of oxazole rings is 1. The summed E-state index contributed by atoms with van der Waals surface area (Å²) in [6.45, 7) is 5.56. The minimum atomic E-state index is -0.0994. The second kappa shape index (κ2) is 5.64. The predicted molar refractivity (Wildman–Crippen MR) is 87.9 cm³/mol. The van der Waals surface area contributed by atoms with Gasteiger partial charge in [-0.25, -0.2) is 4.98 Å². The Labute approximate surface area is 129 Å². The zero-order valence-corrected chi connectivity index (χ0v) is 12.9. The van der Waals surface area contributed by atoms with Crippen molar-refractivity contribution in [3.05, 3.63) is 47.5 Å². The van der Waals surface area contributed by atoms with Crippen molar-refractivity contribution < 1.29 is 9.21 Å². The molecule has 0 aliphatic rings. The van der Waals surface area contributed by atoms with Crippen LogP contribution in [-0.4, -0.2) is 10.9 Å². The van der Waals surface area contributed by atoms with Crippen molar-refractivity contribution in [2.45, 2.75) is 27.2 Å². The van der Waals surface area contributed by atoms with Crippen molar-refractivity contribution in [3.63, 3.8) is 0 Å². The molecule has 22 heavy (non-hydrogen) atoms. The molecule has 1 aromatic heterocycles. The number of carbonyl (C=O) groups excluding carboxylic acids is 1. The van der Waals surface area contributed by atoms with Crippen molar-refractivity contribution in [3.8, 4) is 11.5 Å². The van der Waals surface area contributed by atoms with E-state index in [1.807, 2.05) is 31.2 Å². The van der Waals surface area contributed by atoms with Crippen LogP contribution in [0.4, 0.5) is 5.69 Å². The van der Waals surface area contributed by atoms with E-state index in [1.54, 1.807) is 0 Å². The highest BCUT2D eigenvalue weighted by molar-refractivity contribution is 5.92. The summed E-state index contributed by atoms with van der Waals surface area (Å²) in [5.74, 6) is 0.498. The number of rotatable bonds is 3. The number of hydrogen-bond acceptors (Lipinski definition) is 3. The largest absolute Gasteiger partial charge is 0.436 e. The normalized spacial score (nSPS) is 10.9. The highest BCUT2D eigenvalue weighted by Gasteiger charge is 2.12. The Morgan fingerprint density at radius 2 is 1.95 bits per heavy atom. The van der Waals surface area contributed by atoms with Crippen molar-refractivity contribution in [2.75, 3.05) is 5.32 Å². The minimum Gasteiger partial charge on any atom is -0.436 e. The maximum atomic E-state index is 11.2. The van der Waals surface area contributed by atoms with Gasteiger partial charge in [0.25, 0.3) is 0 Å². The molecule has 0 atom stereocenters. The van der Waals surface area contributed by atoms with Gasteiger partial charge < -0.3 is 9.73 Å². The molecule has 1 amide bonds. The van der Waals surface area contributed by atoms with Gasteiger partial charge in [-0.05, 0) is 48.7 Å². The fourth-order valence-electron chi connectivity index (χ4n) is 2.48. The van der Waals surface area contributed by atoms with Crippen LogP contribution in [0.25, 0.3) is 22.6 Å². The van der Waals surface area contributed by atoms with Gasteiger partial charge in [0.1, 0.15) is 5.52 Å². The Bertz CT molecular complexity index is 832. The summed E-state index contributed by atoms with van der Waals surface area (Å²) < 4.78 is 5.89. The summed E-state index contributed by atoms with van der Waals surface area (Å²) in [4.78, 5) is 15.7. The number of aromatic nitrogens is 1. The number of amides is 1. The van der Waals surface area contributed by atoms with Crippen LogP contribution in [0.15, 0.2) is 40.8 Å². The van der Waals surface area contributed by atoms with Crippen LogP contribution in [-0.2, 0) is 11.2 Å². The van der Waals surface area contributed by atoms with Gasteiger partial charge in [0.2, 0.25) is 11.8 Å². The van der Waals surface area contributed by atoms with E-state index < -0.39 is 0 Å². The standard InChI is InChI=1S/C18H18N2O2/c1-4-13-5-7-14(8-6-13)18-20-16-10-15(19-12(3)21)9-11(2)17(16)22-18/h5-10H,4H2,1-3H3,(H,19,21). The molecular weight excluding hydrogens is 276 g/mol. The lowest BCUT2D eigenvalue weighted by Crippen LogP contribution is -2.05. The monoisotopic (exact) mass is 294 g/mol. The molecule has 0 fully saturated rings. The van der Waals surface area contributed by atoms with Gasteiger partial charge in [-0.15, -0.1) is 0 Å². The van der Waals surface area contributed by atoms with Crippen LogP contribution in [0.2, 0.25) is 0 Å². The molecule has 3 rings (SSSR count). The number of hydrogen-bond donors (Lipinski definition) is 1. The number of nitrogens with one attached hydrogen (secondary N) is 1. The quantitative estimate of drug-likeness (QED) is 0.782. The second-order valence-corrected chi connectivity index (χ2v) is 5.39. The molecule has 0 radical (unpaired) electrons. The smallest absolute Gasteiger partial charge is 0.227 e. The van der Waals surface area contributed by atoms with E-state index in [1.165, 1.54) is 12.5 Å². The number of benzene rings is 2. The maximum Gasteiger partial charge on any atom is 0.227 e. The van der Waals surface area contributed by atoms with Gasteiger partial charge in [0.15, 0.2) is 5.58 Å². The molecule has 112 valence electrons. The lowest BCUT2D eigenvalue weighted by atomic mass is 10.1. The van der Waals surface area contributed by atoms with Gasteiger partial charge in [-0.1, -0.05) is 19.1 Å². The first-order valence-electron chi connectivity index (χ1n) is 7.35. The summed E-state index contributed by atoms with van der Waals surface area (Å²) >= 11 is 0. The number of aryl methyl sites for hydroxylation is 2. The highest BCUT2D eigenvalue weighted by Crippen LogP contribution is 2.29. The van der Waals surface area contributed by atoms with Crippen LogP contribution >= 0.6 is 0 Å². The molecule has 4 heteroatoms. The molecule has 0 saturated carbocycles. The summed E-state index contributed by atoms with van der Waals surface area (Å²) in [7, 11) is 0. The number of carbonyl (C=O) groups is 1. The van der Waals surface area contributed by atoms with Gasteiger partial charge in [0.05, 0.1) is 0 Å². The lowest BCUT2D eigenvalue weighted by Gasteiger charge is -2.02. The molecule has 0 saturated heterocycles. The lowest BCUT2D eigenvalue weighted by molar-refractivity contribution is -0.114. The van der Waals surface area contributed by atoms with E-state index in [9.17, 15) is 4.79 Å². The Morgan fingerprint density at radius 3 is 2.59 bits per heavy atom. The third-order valence-corrected chi connectivity index (χ3v) is 3.61. The first kappa shape index (κ1) is 14.3. The Hall–Kier alpha value is -2.62. The highest BCUT2D eigenvalue weighted by atomic mass is 16.3. The third kappa shape index (κ3) is 2.72. The zero-order chi connectivity index (χ0) is 15.7. The predicted octanol–water partition coefficient (Wildman–Crippen LogP) is 4.32. The van der Waals surface area contributed by atoms with E-state index in [-0.39, 0.29) is 5.91 Å². The third-order valence-electron chi connectivity index (χ3n) is 3.61. The van der Waals surface area contributed by atoms with Crippen LogP contribution in [0.3, 0.4) is 0 Å². The summed E-state index contributed by atoms with van der Waals surface area (Å²) in [5.41, 5.74) is 5.42. The zero-order valence-electron chi connectivity index (χ0n) is 12.9. The van der Waals surface area contributed by atoms with E-state index in [4.69, 9.17) is 4.42 Å². The molecule has 0 spiro atoms. The van der Waals surface area contributed by atoms with E-state index >= 15 is 0 Å². The number of anilines is 1. The SMILES string of the molecule is CCc1ccc(-c2nc3cc(NC(C)=O)cc(C)c3o2)cc1. The van der Waals surface area contributed by atoms with Crippen LogP contribution < -0.4 is 5.32 Å². The molecule has 0 unspecified atom stereocenters. The average Bonchev–Trinajstić information content (AvgIpc) is 2.91. The molecule has 3 aromatic rings. The molecular formula is C18H18N2O2. The molecule has 2 aromatic carbocycles. The Kier molecular flexibility index (Phi) is 3.67. The average molecular weight is 294 g/mol. The van der Waals surface area contributed by atoms with E-state index in [0.29, 0.717) is 5.89 Å². The van der Waals surface area contributed by atoms with Gasteiger partial charge in [0, 0.05) is 18.2 Å². The topological polar surface area (TPSA) is 55.1 Å². The molecule has 1 N–H and O–H groups in total. The molecule has 0 aliphatic heterocycles. The first-order chi connectivity index (χ1) is 10.6. The van der Waals surface area contributed by atoms with Crippen LogP contribution in [0, 0.1) is 6.92 Å². The molecule has 4 nitrogen and oxygen atoms in total. The summed E-state index contributed by atoms with van der Waals surface area (Å²) in [5, 5.41) is 2.78.